The summed E-state index contributed by atoms with van der Waals surface area (Å²) in [6, 6.07) is 0. The quantitative estimate of drug-likeness (QED) is 0.745. The third kappa shape index (κ3) is 5.29. The molecule has 9 heteroatoms. The number of aromatic nitrogens is 3. The monoisotopic (exact) mass is 251 g/mol. The van der Waals surface area contributed by atoms with Crippen LogP contribution in [0, 0.1) is 0 Å². The molecule has 0 aliphatic heterocycles. The van der Waals surface area contributed by atoms with E-state index in [1.54, 1.807) is 11.6 Å². The molecule has 0 bridgehead atoms. The Balaban J connectivity index is 2.20. The minimum Gasteiger partial charge on any atom is -0.348 e. The number of alkyl halides is 3. The van der Waals surface area contributed by atoms with Crippen LogP contribution in [-0.4, -0.2) is 39.9 Å². The molecule has 1 amide bonds. The van der Waals surface area contributed by atoms with E-state index in [1.165, 1.54) is 6.33 Å². The maximum atomic E-state index is 11.8. The van der Waals surface area contributed by atoms with Crippen molar-refractivity contribution in [1.29, 1.82) is 0 Å². The van der Waals surface area contributed by atoms with Crippen molar-refractivity contribution in [3.8, 4) is 0 Å². The molecule has 0 atom stereocenters. The van der Waals surface area contributed by atoms with Crippen molar-refractivity contribution in [3.05, 3.63) is 12.2 Å². The summed E-state index contributed by atoms with van der Waals surface area (Å²) in [6.45, 7) is -1.45. The van der Waals surface area contributed by atoms with Gasteiger partial charge in [-0.05, 0) is 0 Å². The molecule has 1 aromatic rings. The summed E-state index contributed by atoms with van der Waals surface area (Å²) in [5, 5.41) is 11.7. The van der Waals surface area contributed by atoms with E-state index < -0.39 is 25.2 Å². The highest BCUT2D eigenvalue weighted by Crippen LogP contribution is 2.11. The summed E-state index contributed by atoms with van der Waals surface area (Å²) in [5.41, 5.74) is 0. The number of rotatable bonds is 5. The van der Waals surface area contributed by atoms with Crippen LogP contribution in [-0.2, 0) is 18.4 Å². The summed E-state index contributed by atoms with van der Waals surface area (Å²) in [5.74, 6) is -0.00794. The van der Waals surface area contributed by atoms with Gasteiger partial charge in [0.15, 0.2) is 5.82 Å². The van der Waals surface area contributed by atoms with Gasteiger partial charge in [0, 0.05) is 7.05 Å². The normalized spacial score (nSPS) is 11.5. The zero-order valence-corrected chi connectivity index (χ0v) is 9.08. The van der Waals surface area contributed by atoms with E-state index in [9.17, 15) is 18.0 Å². The molecule has 0 radical (unpaired) electrons. The second-order valence-electron chi connectivity index (χ2n) is 3.35. The van der Waals surface area contributed by atoms with Crippen molar-refractivity contribution in [1.82, 2.24) is 25.4 Å². The first-order chi connectivity index (χ1) is 7.88. The van der Waals surface area contributed by atoms with Gasteiger partial charge in [0.05, 0.1) is 19.6 Å². The topological polar surface area (TPSA) is 71.8 Å². The Morgan fingerprint density at radius 2 is 2.24 bits per heavy atom. The fraction of sp³-hybridized carbons (Fsp3) is 0.625. The van der Waals surface area contributed by atoms with Crippen LogP contribution in [0.1, 0.15) is 5.82 Å². The molecule has 0 aliphatic carbocycles. The number of nitrogens with one attached hydrogen (secondary N) is 2. The van der Waals surface area contributed by atoms with Crippen molar-refractivity contribution in [2.75, 3.05) is 13.1 Å². The largest absolute Gasteiger partial charge is 0.401 e. The van der Waals surface area contributed by atoms with E-state index in [0.717, 1.165) is 0 Å². The molecule has 0 fully saturated rings. The van der Waals surface area contributed by atoms with Crippen LogP contribution in [0.15, 0.2) is 6.33 Å². The Hall–Kier alpha value is -1.64. The second-order valence-corrected chi connectivity index (χ2v) is 3.35. The van der Waals surface area contributed by atoms with Crippen molar-refractivity contribution in [3.63, 3.8) is 0 Å². The number of halogens is 3. The molecule has 1 rings (SSSR count). The molecule has 2 N–H and O–H groups in total. The van der Waals surface area contributed by atoms with Gasteiger partial charge in [-0.3, -0.25) is 4.79 Å². The van der Waals surface area contributed by atoms with Crippen LogP contribution in [0.3, 0.4) is 0 Å². The van der Waals surface area contributed by atoms with Gasteiger partial charge in [-0.25, -0.2) is 0 Å². The Morgan fingerprint density at radius 3 is 2.76 bits per heavy atom. The average molecular weight is 251 g/mol. The van der Waals surface area contributed by atoms with Crippen molar-refractivity contribution >= 4 is 5.91 Å². The van der Waals surface area contributed by atoms with Gasteiger partial charge in [0.25, 0.3) is 0 Å². The number of hydrogen-bond donors (Lipinski definition) is 2. The fourth-order valence-electron chi connectivity index (χ4n) is 1.03. The lowest BCUT2D eigenvalue weighted by atomic mass is 10.5. The highest BCUT2D eigenvalue weighted by Gasteiger charge is 2.26. The summed E-state index contributed by atoms with van der Waals surface area (Å²) < 4.78 is 36.9. The minimum absolute atomic E-state index is 0.128. The van der Waals surface area contributed by atoms with Gasteiger partial charge in [0.2, 0.25) is 5.91 Å². The molecule has 17 heavy (non-hydrogen) atoms. The van der Waals surface area contributed by atoms with E-state index >= 15 is 0 Å². The maximum absolute atomic E-state index is 11.8. The lowest BCUT2D eigenvalue weighted by Gasteiger charge is -2.08. The van der Waals surface area contributed by atoms with E-state index in [4.69, 9.17) is 0 Å². The van der Waals surface area contributed by atoms with Gasteiger partial charge in [0.1, 0.15) is 6.33 Å². The first-order valence-electron chi connectivity index (χ1n) is 4.75. The highest BCUT2D eigenvalue weighted by molar-refractivity contribution is 5.77. The van der Waals surface area contributed by atoms with Gasteiger partial charge >= 0.3 is 6.18 Å². The van der Waals surface area contributed by atoms with Gasteiger partial charge in [-0.15, -0.1) is 10.2 Å². The average Bonchev–Trinajstić information content (AvgIpc) is 2.59. The van der Waals surface area contributed by atoms with E-state index in [1.807, 2.05) is 5.32 Å². The standard InChI is InChI=1S/C8H12F3N5O/c1-16-5-14-15-6(16)2-13-7(17)3-12-4-8(9,10)11/h5,12H,2-4H2,1H3,(H,13,17). The number of aryl methyl sites for hydroxylation is 1. The molecule has 0 spiro atoms. The van der Waals surface area contributed by atoms with Crippen LogP contribution in [0.2, 0.25) is 0 Å². The fourth-order valence-corrected chi connectivity index (χ4v) is 1.03. The maximum Gasteiger partial charge on any atom is 0.401 e. The zero-order valence-electron chi connectivity index (χ0n) is 9.08. The predicted octanol–water partition coefficient (Wildman–Crippen LogP) is -0.417. The van der Waals surface area contributed by atoms with Crippen LogP contribution >= 0.6 is 0 Å². The molecule has 96 valence electrons. The zero-order chi connectivity index (χ0) is 12.9. The van der Waals surface area contributed by atoms with Crippen LogP contribution < -0.4 is 10.6 Å². The first-order valence-corrected chi connectivity index (χ1v) is 4.75. The molecule has 0 aliphatic rings. The predicted molar refractivity (Wildman–Crippen MR) is 51.8 cm³/mol. The number of carbonyl (C=O) groups excluding carboxylic acids is 1. The van der Waals surface area contributed by atoms with Crippen LogP contribution in [0.25, 0.3) is 0 Å². The lowest BCUT2D eigenvalue weighted by Crippen LogP contribution is -2.38. The summed E-state index contributed by atoms with van der Waals surface area (Å²) in [7, 11) is 1.70. The summed E-state index contributed by atoms with van der Waals surface area (Å²) >= 11 is 0. The van der Waals surface area contributed by atoms with E-state index in [0.29, 0.717) is 5.82 Å². The Kier molecular flexibility index (Phi) is 4.44. The van der Waals surface area contributed by atoms with Crippen molar-refractivity contribution in [2.24, 2.45) is 7.05 Å². The molecule has 6 nitrogen and oxygen atoms in total. The van der Waals surface area contributed by atoms with Gasteiger partial charge in [-0.1, -0.05) is 0 Å². The molecule has 0 unspecified atom stereocenters. The van der Waals surface area contributed by atoms with Gasteiger partial charge in [-0.2, -0.15) is 13.2 Å². The summed E-state index contributed by atoms with van der Waals surface area (Å²) in [4.78, 5) is 11.1. The van der Waals surface area contributed by atoms with E-state index in [2.05, 4.69) is 15.5 Å². The first kappa shape index (κ1) is 13.4. The SMILES string of the molecule is Cn1cnnc1CNC(=O)CNCC(F)(F)F. The van der Waals surface area contributed by atoms with E-state index in [-0.39, 0.29) is 6.54 Å². The van der Waals surface area contributed by atoms with Crippen LogP contribution in [0.5, 0.6) is 0 Å². The Morgan fingerprint density at radius 1 is 1.53 bits per heavy atom. The minimum atomic E-state index is -4.32. The molecule has 0 saturated carbocycles. The lowest BCUT2D eigenvalue weighted by molar-refractivity contribution is -0.128. The Labute approximate surface area is 95.2 Å². The molecule has 1 heterocycles. The molecule has 0 aromatic carbocycles. The second kappa shape index (κ2) is 5.62. The summed E-state index contributed by atoms with van der Waals surface area (Å²) in [6.07, 6.45) is -2.85. The molecular formula is C8H12F3N5O. The molecular weight excluding hydrogens is 239 g/mol. The third-order valence-corrected chi connectivity index (χ3v) is 1.86. The number of nitrogens with zero attached hydrogens (tertiary/aromatic N) is 3. The number of carbonyl (C=O) groups is 1. The van der Waals surface area contributed by atoms with Crippen LogP contribution in [0.4, 0.5) is 13.2 Å². The third-order valence-electron chi connectivity index (χ3n) is 1.86. The van der Waals surface area contributed by atoms with Crippen molar-refractivity contribution < 1.29 is 18.0 Å². The molecule has 1 aromatic heterocycles. The smallest absolute Gasteiger partial charge is 0.348 e. The van der Waals surface area contributed by atoms with Gasteiger partial charge < -0.3 is 15.2 Å². The molecule has 0 saturated heterocycles. The van der Waals surface area contributed by atoms with Crippen molar-refractivity contribution in [2.45, 2.75) is 12.7 Å². The number of hydrogen-bond acceptors (Lipinski definition) is 4. The Bertz CT molecular complexity index is 375. The highest BCUT2D eigenvalue weighted by atomic mass is 19.4. The number of amides is 1.